The molecular weight excluding hydrogens is 206 g/mol. The fourth-order valence-electron chi connectivity index (χ4n) is 0.193. The Morgan fingerprint density at radius 1 is 1.00 bits per heavy atom. The molecule has 1 N–H and O–H groups in total. The molecule has 0 aromatic heterocycles. The average Bonchev–Trinajstić information content (AvgIpc) is 1.85. The van der Waals surface area contributed by atoms with Crippen molar-refractivity contribution in [2.45, 2.75) is 4.52 Å². The summed E-state index contributed by atoms with van der Waals surface area (Å²) in [6.07, 6.45) is 0. The Bertz CT molecular complexity index is 294. The summed E-state index contributed by atoms with van der Waals surface area (Å²) < 4.78 is -2.05. The molecule has 11 heavy (non-hydrogen) atoms. The van der Waals surface area contributed by atoms with Crippen LogP contribution in [-0.2, 0) is 0 Å². The first-order valence-electron chi connectivity index (χ1n) is 2.29. The molecule has 4 heteroatoms. The Hall–Kier alpha value is -0.490. The molecule has 0 aliphatic heterocycles. The van der Waals surface area contributed by atoms with E-state index in [1.807, 2.05) is 11.3 Å². The minimum absolute atomic E-state index is 2.02. The number of alkyl halides is 2. The molecule has 0 aliphatic rings. The standard InChI is InChI=1S/C7HCl3O/c8-6-4-2-1-3-5-7(9,10)11/h11H. The fraction of sp³-hybridized carbons (Fsp3) is 0.143. The van der Waals surface area contributed by atoms with Crippen LogP contribution in [-0.4, -0.2) is 9.63 Å². The van der Waals surface area contributed by atoms with Crippen molar-refractivity contribution in [1.29, 1.82) is 0 Å². The molecule has 0 aliphatic carbocycles. The Labute approximate surface area is 79.6 Å². The molecule has 1 nitrogen and oxygen atoms in total. The van der Waals surface area contributed by atoms with E-state index in [4.69, 9.17) is 39.9 Å². The highest BCUT2D eigenvalue weighted by molar-refractivity contribution is 6.49. The van der Waals surface area contributed by atoms with Gasteiger partial charge in [-0.2, -0.15) is 0 Å². The van der Waals surface area contributed by atoms with Gasteiger partial charge in [-0.25, -0.2) is 0 Å². The summed E-state index contributed by atoms with van der Waals surface area (Å²) in [4.78, 5) is 0. The molecule has 0 unspecified atom stereocenters. The van der Waals surface area contributed by atoms with Crippen LogP contribution in [0.1, 0.15) is 0 Å². The lowest BCUT2D eigenvalue weighted by Gasteiger charge is -1.97. The van der Waals surface area contributed by atoms with Crippen LogP contribution in [0.2, 0.25) is 0 Å². The third-order valence-electron chi connectivity index (χ3n) is 0.448. The minimum Gasteiger partial charge on any atom is -0.353 e. The Morgan fingerprint density at radius 3 is 2.00 bits per heavy atom. The zero-order valence-corrected chi connectivity index (χ0v) is 7.35. The maximum absolute atomic E-state index is 8.60. The van der Waals surface area contributed by atoms with E-state index in [0.717, 1.165) is 0 Å². The van der Waals surface area contributed by atoms with Crippen molar-refractivity contribution in [3.8, 4) is 35.0 Å². The second-order valence-corrected chi connectivity index (χ2v) is 2.74. The monoisotopic (exact) mass is 206 g/mol. The summed E-state index contributed by atoms with van der Waals surface area (Å²) in [6.45, 7) is 0. The van der Waals surface area contributed by atoms with E-state index >= 15 is 0 Å². The molecule has 0 rings (SSSR count). The largest absolute Gasteiger partial charge is 0.353 e. The molecule has 0 saturated heterocycles. The second kappa shape index (κ2) is 5.20. The van der Waals surface area contributed by atoms with Crippen molar-refractivity contribution in [2.75, 3.05) is 0 Å². The minimum atomic E-state index is -2.05. The van der Waals surface area contributed by atoms with E-state index in [1.165, 1.54) is 0 Å². The van der Waals surface area contributed by atoms with Crippen LogP contribution in [0.3, 0.4) is 0 Å². The lowest BCUT2D eigenvalue weighted by Crippen LogP contribution is -2.05. The Morgan fingerprint density at radius 2 is 1.55 bits per heavy atom. The highest BCUT2D eigenvalue weighted by atomic mass is 35.5. The van der Waals surface area contributed by atoms with Gasteiger partial charge in [0.05, 0.1) is 0 Å². The summed E-state index contributed by atoms with van der Waals surface area (Å²) >= 11 is 15.1. The predicted octanol–water partition coefficient (Wildman–Crippen LogP) is 1.32. The zero-order chi connectivity index (χ0) is 8.74. The molecule has 56 valence electrons. The number of aliphatic hydroxyl groups is 1. The van der Waals surface area contributed by atoms with Crippen LogP contribution >= 0.6 is 34.8 Å². The van der Waals surface area contributed by atoms with Gasteiger partial charge in [-0.1, -0.05) is 23.2 Å². The summed E-state index contributed by atoms with van der Waals surface area (Å²) in [7, 11) is 0. The molecule has 0 spiro atoms. The van der Waals surface area contributed by atoms with Gasteiger partial charge in [0.2, 0.25) is 0 Å². The van der Waals surface area contributed by atoms with Crippen LogP contribution in [0, 0.1) is 35.0 Å². The predicted molar refractivity (Wildman–Crippen MR) is 45.8 cm³/mol. The van der Waals surface area contributed by atoms with Crippen molar-refractivity contribution in [1.82, 2.24) is 0 Å². The zero-order valence-electron chi connectivity index (χ0n) is 5.08. The third-order valence-corrected chi connectivity index (χ3v) is 0.731. The highest BCUT2D eigenvalue weighted by Crippen LogP contribution is 2.13. The second-order valence-electron chi connectivity index (χ2n) is 1.26. The summed E-state index contributed by atoms with van der Waals surface area (Å²) in [5.41, 5.74) is 0. The summed E-state index contributed by atoms with van der Waals surface area (Å²) in [5.74, 6) is 10.9. The fourth-order valence-corrected chi connectivity index (χ4v) is 0.334. The number of rotatable bonds is 0. The average molecular weight is 207 g/mol. The van der Waals surface area contributed by atoms with Crippen LogP contribution in [0.15, 0.2) is 0 Å². The van der Waals surface area contributed by atoms with Crippen LogP contribution in [0.5, 0.6) is 0 Å². The first-order valence-corrected chi connectivity index (χ1v) is 3.42. The topological polar surface area (TPSA) is 20.2 Å². The molecule has 0 fully saturated rings. The molecule has 0 amide bonds. The molecule has 0 aromatic carbocycles. The smallest absolute Gasteiger partial charge is 0.281 e. The Balaban J connectivity index is 4.12. The maximum atomic E-state index is 8.60. The van der Waals surface area contributed by atoms with Crippen LogP contribution in [0.4, 0.5) is 0 Å². The molecular formula is C7HCl3O. The van der Waals surface area contributed by atoms with Crippen molar-refractivity contribution >= 4 is 34.8 Å². The van der Waals surface area contributed by atoms with Crippen molar-refractivity contribution < 1.29 is 5.11 Å². The van der Waals surface area contributed by atoms with Gasteiger partial charge in [0.1, 0.15) is 0 Å². The number of hydrogen-bond acceptors (Lipinski definition) is 1. The van der Waals surface area contributed by atoms with Gasteiger partial charge in [0, 0.05) is 17.2 Å². The normalized spacial score (nSPS) is 7.64. The van der Waals surface area contributed by atoms with Gasteiger partial charge in [-0.3, -0.25) is 0 Å². The third kappa shape index (κ3) is 9.51. The van der Waals surface area contributed by atoms with E-state index in [2.05, 4.69) is 23.7 Å². The maximum Gasteiger partial charge on any atom is 0.281 e. The molecule has 0 heterocycles. The van der Waals surface area contributed by atoms with Crippen molar-refractivity contribution in [3.63, 3.8) is 0 Å². The van der Waals surface area contributed by atoms with E-state index in [0.29, 0.717) is 0 Å². The van der Waals surface area contributed by atoms with Crippen LogP contribution in [0.25, 0.3) is 0 Å². The van der Waals surface area contributed by atoms with Gasteiger partial charge in [-0.05, 0) is 29.4 Å². The lowest BCUT2D eigenvalue weighted by molar-refractivity contribution is 0.273. The van der Waals surface area contributed by atoms with Gasteiger partial charge < -0.3 is 5.11 Å². The lowest BCUT2D eigenvalue weighted by atomic mass is 10.5. The van der Waals surface area contributed by atoms with Crippen molar-refractivity contribution in [3.05, 3.63) is 0 Å². The van der Waals surface area contributed by atoms with Gasteiger partial charge in [-0.15, -0.1) is 0 Å². The molecule has 0 saturated carbocycles. The SMILES string of the molecule is OC(Cl)(Cl)C#CC#CC#CCl. The molecule has 0 radical (unpaired) electrons. The van der Waals surface area contributed by atoms with Gasteiger partial charge in [0.15, 0.2) is 0 Å². The molecule has 0 bridgehead atoms. The number of hydrogen-bond donors (Lipinski definition) is 1. The first kappa shape index (κ1) is 10.5. The molecule has 0 atom stereocenters. The van der Waals surface area contributed by atoms with E-state index in [9.17, 15) is 0 Å². The van der Waals surface area contributed by atoms with E-state index < -0.39 is 4.52 Å². The van der Waals surface area contributed by atoms with E-state index in [-0.39, 0.29) is 0 Å². The van der Waals surface area contributed by atoms with Crippen LogP contribution < -0.4 is 0 Å². The Kier molecular flexibility index (Phi) is 4.97. The quantitative estimate of drug-likeness (QED) is 0.469. The highest BCUT2D eigenvalue weighted by Gasteiger charge is 2.12. The summed E-state index contributed by atoms with van der Waals surface area (Å²) in [6, 6.07) is 0. The molecule has 0 aromatic rings. The number of halogens is 3. The van der Waals surface area contributed by atoms with Gasteiger partial charge >= 0.3 is 0 Å². The first-order chi connectivity index (χ1) is 5.06. The summed E-state index contributed by atoms with van der Waals surface area (Å²) in [5, 5.41) is 10.6. The van der Waals surface area contributed by atoms with E-state index in [1.54, 1.807) is 0 Å². The van der Waals surface area contributed by atoms with Crippen molar-refractivity contribution in [2.24, 2.45) is 0 Å². The van der Waals surface area contributed by atoms with Gasteiger partial charge in [0.25, 0.3) is 4.52 Å².